The average Bonchev–Trinajstić information content (AvgIpc) is 2.77. The van der Waals surface area contributed by atoms with E-state index in [9.17, 15) is 19.7 Å². The largest absolute Gasteiger partial charge is 0.455 e. The molecule has 1 aliphatic heterocycles. The number of benzene rings is 2. The molecular formula is C16H12BrN3O5. The summed E-state index contributed by atoms with van der Waals surface area (Å²) in [7, 11) is 1.47. The molecule has 0 fully saturated rings. The summed E-state index contributed by atoms with van der Waals surface area (Å²) in [5.41, 5.74) is 3.63. The third kappa shape index (κ3) is 2.43. The maximum atomic E-state index is 12.8. The number of nitro benzene ring substituents is 1. The normalized spacial score (nSPS) is 18.8. The summed E-state index contributed by atoms with van der Waals surface area (Å²) < 4.78 is 6.26. The maximum Gasteiger partial charge on any atom is 0.311 e. The molecule has 0 saturated heterocycles. The Labute approximate surface area is 150 Å². The molecule has 0 aromatic heterocycles. The maximum absolute atomic E-state index is 12.8. The van der Waals surface area contributed by atoms with Gasteiger partial charge in [-0.1, -0.05) is 28.1 Å². The number of hydrogen-bond acceptors (Lipinski definition) is 5. The number of nitro groups is 1. The van der Waals surface area contributed by atoms with Crippen molar-refractivity contribution >= 4 is 39.1 Å². The lowest BCUT2D eigenvalue weighted by atomic mass is 9.94. The van der Waals surface area contributed by atoms with Gasteiger partial charge in [0, 0.05) is 23.2 Å². The molecule has 0 radical (unpaired) electrons. The molecule has 0 aliphatic carbocycles. The molecule has 0 spiro atoms. The summed E-state index contributed by atoms with van der Waals surface area (Å²) in [5.74, 6) is -1.99. The zero-order valence-electron chi connectivity index (χ0n) is 12.9. The number of halogens is 1. The number of likely N-dealkylation sites (N-methyl/N-ethyl adjacent to an activating group) is 1. The molecular weight excluding hydrogens is 394 g/mol. The number of primary amides is 1. The van der Waals surface area contributed by atoms with Gasteiger partial charge >= 0.3 is 5.69 Å². The number of nitrogens with zero attached hydrogens (tertiary/aromatic N) is 2. The molecule has 2 N–H and O–H groups in total. The van der Waals surface area contributed by atoms with Crippen LogP contribution in [0.2, 0.25) is 0 Å². The number of carbonyl (C=O) groups is 2. The van der Waals surface area contributed by atoms with Crippen molar-refractivity contribution < 1.29 is 19.2 Å². The number of ether oxygens (including phenoxy) is 1. The summed E-state index contributed by atoms with van der Waals surface area (Å²) in [6.45, 7) is 0. The van der Waals surface area contributed by atoms with Gasteiger partial charge in [0.1, 0.15) is 0 Å². The van der Waals surface area contributed by atoms with Crippen LogP contribution in [0.5, 0.6) is 5.75 Å². The van der Waals surface area contributed by atoms with Crippen molar-refractivity contribution in [3.05, 3.63) is 62.6 Å². The average molecular weight is 406 g/mol. The smallest absolute Gasteiger partial charge is 0.311 e. The van der Waals surface area contributed by atoms with Gasteiger partial charge in [-0.15, -0.1) is 0 Å². The van der Waals surface area contributed by atoms with Crippen molar-refractivity contribution in [2.45, 2.75) is 5.60 Å². The second kappa shape index (κ2) is 5.85. The van der Waals surface area contributed by atoms with Crippen molar-refractivity contribution in [3.8, 4) is 5.75 Å². The van der Waals surface area contributed by atoms with Crippen molar-refractivity contribution in [3.63, 3.8) is 0 Å². The van der Waals surface area contributed by atoms with Crippen LogP contribution in [-0.2, 0) is 15.2 Å². The van der Waals surface area contributed by atoms with Gasteiger partial charge < -0.3 is 15.4 Å². The Morgan fingerprint density at radius 1 is 1.32 bits per heavy atom. The minimum Gasteiger partial charge on any atom is -0.455 e. The molecule has 9 heteroatoms. The van der Waals surface area contributed by atoms with E-state index in [0.717, 1.165) is 0 Å². The van der Waals surface area contributed by atoms with Gasteiger partial charge in [0.2, 0.25) is 0 Å². The summed E-state index contributed by atoms with van der Waals surface area (Å²) in [4.78, 5) is 36.9. The van der Waals surface area contributed by atoms with Gasteiger partial charge in [-0.3, -0.25) is 19.7 Å². The predicted molar refractivity (Wildman–Crippen MR) is 92.1 cm³/mol. The second-order valence-electron chi connectivity index (χ2n) is 5.40. The second-order valence-corrected chi connectivity index (χ2v) is 6.31. The Balaban J connectivity index is 2.24. The van der Waals surface area contributed by atoms with Gasteiger partial charge in [0.25, 0.3) is 17.4 Å². The van der Waals surface area contributed by atoms with Crippen molar-refractivity contribution in [1.82, 2.24) is 0 Å². The van der Waals surface area contributed by atoms with E-state index in [1.807, 2.05) is 0 Å². The lowest BCUT2D eigenvalue weighted by Crippen LogP contribution is -2.53. The molecule has 1 atom stereocenters. The van der Waals surface area contributed by atoms with Crippen LogP contribution in [-0.4, -0.2) is 23.8 Å². The number of nitrogens with two attached hydrogens (primary N) is 1. The summed E-state index contributed by atoms with van der Waals surface area (Å²) in [6, 6.07) is 10.4. The number of anilines is 1. The molecule has 1 aliphatic rings. The highest BCUT2D eigenvalue weighted by Gasteiger charge is 2.58. The Morgan fingerprint density at radius 3 is 2.64 bits per heavy atom. The number of amides is 2. The van der Waals surface area contributed by atoms with E-state index in [-0.39, 0.29) is 17.0 Å². The number of hydrogen-bond donors (Lipinski definition) is 1. The number of fused-ring (bicyclic) bond motifs is 1. The van der Waals surface area contributed by atoms with Crippen LogP contribution in [0.1, 0.15) is 5.56 Å². The highest BCUT2D eigenvalue weighted by molar-refractivity contribution is 9.10. The minimum absolute atomic E-state index is 0.221. The van der Waals surface area contributed by atoms with Crippen LogP contribution in [0, 0.1) is 10.1 Å². The Morgan fingerprint density at radius 2 is 2.00 bits per heavy atom. The first-order valence-electron chi connectivity index (χ1n) is 7.09. The first-order valence-corrected chi connectivity index (χ1v) is 7.89. The number of rotatable bonds is 4. The minimum atomic E-state index is -2.18. The quantitative estimate of drug-likeness (QED) is 0.474. The fourth-order valence-electron chi connectivity index (χ4n) is 2.79. The third-order valence-corrected chi connectivity index (χ3v) is 4.47. The van der Waals surface area contributed by atoms with Crippen LogP contribution >= 0.6 is 15.9 Å². The molecule has 0 saturated carbocycles. The highest BCUT2D eigenvalue weighted by Crippen LogP contribution is 2.45. The fourth-order valence-corrected chi connectivity index (χ4v) is 3.15. The van der Waals surface area contributed by atoms with E-state index in [0.29, 0.717) is 10.2 Å². The summed E-state index contributed by atoms with van der Waals surface area (Å²) >= 11 is 3.28. The van der Waals surface area contributed by atoms with Gasteiger partial charge in [0.15, 0.2) is 5.75 Å². The first-order chi connectivity index (χ1) is 11.8. The molecule has 1 unspecified atom stereocenters. The Bertz CT molecular complexity index is 916. The molecule has 25 heavy (non-hydrogen) atoms. The van der Waals surface area contributed by atoms with E-state index in [1.54, 1.807) is 12.1 Å². The van der Waals surface area contributed by atoms with E-state index in [1.165, 1.54) is 42.3 Å². The van der Waals surface area contributed by atoms with E-state index in [4.69, 9.17) is 10.5 Å². The zero-order valence-corrected chi connectivity index (χ0v) is 14.5. The van der Waals surface area contributed by atoms with Crippen LogP contribution < -0.4 is 15.4 Å². The molecule has 2 aromatic rings. The van der Waals surface area contributed by atoms with Crippen molar-refractivity contribution in [1.29, 1.82) is 0 Å². The molecule has 0 bridgehead atoms. The molecule has 3 rings (SSSR count). The molecule has 1 heterocycles. The van der Waals surface area contributed by atoms with Gasteiger partial charge in [-0.25, -0.2) is 0 Å². The molecule has 8 nitrogen and oxygen atoms in total. The number of para-hydroxylation sites is 2. The number of carbonyl (C=O) groups excluding carboxylic acids is 2. The predicted octanol–water partition coefficient (Wildman–Crippen LogP) is 2.09. The Hall–Kier alpha value is -2.94. The zero-order chi connectivity index (χ0) is 18.4. The lowest BCUT2D eigenvalue weighted by Gasteiger charge is -2.25. The highest BCUT2D eigenvalue weighted by atomic mass is 79.9. The molecule has 128 valence electrons. The van der Waals surface area contributed by atoms with Crippen molar-refractivity contribution in [2.24, 2.45) is 5.73 Å². The van der Waals surface area contributed by atoms with Crippen LogP contribution in [0.15, 0.2) is 46.9 Å². The topological polar surface area (TPSA) is 116 Å². The third-order valence-electron chi connectivity index (χ3n) is 3.98. The first kappa shape index (κ1) is 16.9. The van der Waals surface area contributed by atoms with Gasteiger partial charge in [0.05, 0.1) is 10.6 Å². The summed E-state index contributed by atoms with van der Waals surface area (Å²) in [6.07, 6.45) is 0. The van der Waals surface area contributed by atoms with E-state index in [2.05, 4.69) is 15.9 Å². The van der Waals surface area contributed by atoms with E-state index < -0.39 is 22.3 Å². The van der Waals surface area contributed by atoms with Crippen LogP contribution in [0.3, 0.4) is 0 Å². The SMILES string of the molecule is CN1C(=O)C(Oc2ccccc2[N+](=O)[O-])(C(N)=O)c2cc(Br)ccc21. The van der Waals surface area contributed by atoms with Gasteiger partial charge in [-0.05, 0) is 24.3 Å². The molecule has 2 aromatic carbocycles. The molecule has 2 amide bonds. The fraction of sp³-hybridized carbons (Fsp3) is 0.125. The van der Waals surface area contributed by atoms with Crippen LogP contribution in [0.25, 0.3) is 0 Å². The summed E-state index contributed by atoms with van der Waals surface area (Å²) in [5, 5.41) is 11.2. The standard InChI is InChI=1S/C16H12BrN3O5/c1-19-11-7-6-9(17)8-10(11)16(14(18)21,15(19)22)25-13-5-3-2-4-12(13)20(23)24/h2-8H,1H3,(H2,18,21). The van der Waals surface area contributed by atoms with E-state index >= 15 is 0 Å². The Kier molecular flexibility index (Phi) is 3.96. The van der Waals surface area contributed by atoms with Crippen LogP contribution in [0.4, 0.5) is 11.4 Å². The van der Waals surface area contributed by atoms with Crippen molar-refractivity contribution in [2.75, 3.05) is 11.9 Å². The monoisotopic (exact) mass is 405 g/mol. The van der Waals surface area contributed by atoms with Gasteiger partial charge in [-0.2, -0.15) is 0 Å². The lowest BCUT2D eigenvalue weighted by molar-refractivity contribution is -0.386.